The van der Waals surface area contributed by atoms with Gasteiger partial charge in [0.1, 0.15) is 0 Å². The van der Waals surface area contributed by atoms with E-state index in [2.05, 4.69) is 5.32 Å². The molecule has 2 aliphatic rings. The molecule has 1 N–H and O–H groups in total. The SMILES string of the molecule is CC(=O)N1CCCN(C(=O)NC2CCN(S(C)(=O)=O)CC2)CC1. The van der Waals surface area contributed by atoms with Crippen molar-refractivity contribution in [2.45, 2.75) is 32.2 Å². The van der Waals surface area contributed by atoms with Gasteiger partial charge in [-0.05, 0) is 19.3 Å². The fourth-order valence-corrected chi connectivity index (χ4v) is 3.91. The van der Waals surface area contributed by atoms with Gasteiger partial charge in [0.2, 0.25) is 15.9 Å². The number of hydrogen-bond acceptors (Lipinski definition) is 4. The summed E-state index contributed by atoms with van der Waals surface area (Å²) in [5, 5.41) is 2.99. The summed E-state index contributed by atoms with van der Waals surface area (Å²) in [5.41, 5.74) is 0. The monoisotopic (exact) mass is 346 g/mol. The highest BCUT2D eigenvalue weighted by Gasteiger charge is 2.27. The Bertz CT molecular complexity index is 543. The molecule has 9 heteroatoms. The predicted octanol–water partition coefficient (Wildman–Crippen LogP) is -0.326. The largest absolute Gasteiger partial charge is 0.341 e. The van der Waals surface area contributed by atoms with Crippen LogP contribution in [0.3, 0.4) is 0 Å². The van der Waals surface area contributed by atoms with Crippen LogP contribution < -0.4 is 5.32 Å². The zero-order chi connectivity index (χ0) is 17.0. The normalized spacial score (nSPS) is 21.8. The highest BCUT2D eigenvalue weighted by atomic mass is 32.2. The third-order valence-electron chi connectivity index (χ3n) is 4.48. The third-order valence-corrected chi connectivity index (χ3v) is 5.78. The molecule has 0 atom stereocenters. The Morgan fingerprint density at radius 1 is 0.957 bits per heavy atom. The van der Waals surface area contributed by atoms with Gasteiger partial charge in [0.05, 0.1) is 6.26 Å². The van der Waals surface area contributed by atoms with Crippen LogP contribution in [0.4, 0.5) is 4.79 Å². The van der Waals surface area contributed by atoms with Crippen molar-refractivity contribution < 1.29 is 18.0 Å². The molecule has 0 radical (unpaired) electrons. The molecule has 0 spiro atoms. The maximum atomic E-state index is 12.4. The average molecular weight is 346 g/mol. The van der Waals surface area contributed by atoms with Crippen molar-refractivity contribution in [1.29, 1.82) is 0 Å². The van der Waals surface area contributed by atoms with E-state index in [4.69, 9.17) is 0 Å². The zero-order valence-electron chi connectivity index (χ0n) is 13.8. The molecule has 2 heterocycles. The van der Waals surface area contributed by atoms with E-state index in [0.29, 0.717) is 52.1 Å². The van der Waals surface area contributed by atoms with E-state index in [0.717, 1.165) is 6.42 Å². The number of nitrogens with one attached hydrogen (secondary N) is 1. The van der Waals surface area contributed by atoms with Gasteiger partial charge in [-0.2, -0.15) is 0 Å². The maximum Gasteiger partial charge on any atom is 0.317 e. The van der Waals surface area contributed by atoms with Gasteiger partial charge in [-0.25, -0.2) is 17.5 Å². The van der Waals surface area contributed by atoms with E-state index in [1.165, 1.54) is 10.6 Å². The highest BCUT2D eigenvalue weighted by Crippen LogP contribution is 2.14. The molecule has 0 aromatic carbocycles. The van der Waals surface area contributed by atoms with E-state index >= 15 is 0 Å². The second kappa shape index (κ2) is 7.48. The minimum atomic E-state index is -3.14. The van der Waals surface area contributed by atoms with Gasteiger partial charge in [-0.3, -0.25) is 4.79 Å². The van der Waals surface area contributed by atoms with Gasteiger partial charge in [0, 0.05) is 52.2 Å². The highest BCUT2D eigenvalue weighted by molar-refractivity contribution is 7.88. The standard InChI is InChI=1S/C14H26N4O4S/c1-12(19)16-6-3-7-17(11-10-16)14(20)15-13-4-8-18(9-5-13)23(2,21)22/h13H,3-11H2,1-2H3,(H,15,20). The van der Waals surface area contributed by atoms with Gasteiger partial charge >= 0.3 is 6.03 Å². The molecule has 2 fully saturated rings. The van der Waals surface area contributed by atoms with Crippen LogP contribution >= 0.6 is 0 Å². The molecule has 0 unspecified atom stereocenters. The van der Waals surface area contributed by atoms with Crippen molar-refractivity contribution >= 4 is 22.0 Å². The molecule has 0 aromatic rings. The molecule has 0 saturated carbocycles. The van der Waals surface area contributed by atoms with Crippen LogP contribution in [0, 0.1) is 0 Å². The zero-order valence-corrected chi connectivity index (χ0v) is 14.6. The molecule has 132 valence electrons. The van der Waals surface area contributed by atoms with Crippen LogP contribution in [-0.4, -0.2) is 86.0 Å². The first-order valence-corrected chi connectivity index (χ1v) is 9.88. The summed E-state index contributed by atoms with van der Waals surface area (Å²) in [7, 11) is -3.14. The van der Waals surface area contributed by atoms with Crippen molar-refractivity contribution in [3.05, 3.63) is 0 Å². The van der Waals surface area contributed by atoms with Gasteiger partial charge in [-0.15, -0.1) is 0 Å². The summed E-state index contributed by atoms with van der Waals surface area (Å²) in [4.78, 5) is 27.3. The smallest absolute Gasteiger partial charge is 0.317 e. The summed E-state index contributed by atoms with van der Waals surface area (Å²) >= 11 is 0. The Hall–Kier alpha value is -1.35. The Labute approximate surface area is 137 Å². The fourth-order valence-electron chi connectivity index (χ4n) is 3.03. The van der Waals surface area contributed by atoms with Crippen LogP contribution in [0.5, 0.6) is 0 Å². The molecule has 0 aromatic heterocycles. The minimum absolute atomic E-state index is 0.00710. The number of piperidine rings is 1. The first kappa shape index (κ1) is 18.0. The van der Waals surface area contributed by atoms with Crippen LogP contribution in [0.1, 0.15) is 26.2 Å². The van der Waals surface area contributed by atoms with E-state index < -0.39 is 10.0 Å². The molecular formula is C14H26N4O4S. The topological polar surface area (TPSA) is 90.0 Å². The molecule has 2 saturated heterocycles. The van der Waals surface area contributed by atoms with E-state index in [1.807, 2.05) is 0 Å². The predicted molar refractivity (Wildman–Crippen MR) is 86.4 cm³/mol. The molecule has 2 aliphatic heterocycles. The number of carbonyl (C=O) groups excluding carboxylic acids is 2. The summed E-state index contributed by atoms with van der Waals surface area (Å²) in [6.45, 7) is 4.86. The number of carbonyl (C=O) groups is 2. The van der Waals surface area contributed by atoms with Crippen LogP contribution in [0.25, 0.3) is 0 Å². The number of sulfonamides is 1. The molecule has 23 heavy (non-hydrogen) atoms. The van der Waals surface area contributed by atoms with Crippen LogP contribution in [0.2, 0.25) is 0 Å². The number of urea groups is 1. The Kier molecular flexibility index (Phi) is 5.85. The average Bonchev–Trinajstić information content (AvgIpc) is 2.73. The second-order valence-electron chi connectivity index (χ2n) is 6.23. The third kappa shape index (κ3) is 5.07. The van der Waals surface area contributed by atoms with E-state index in [-0.39, 0.29) is 18.0 Å². The number of amides is 3. The lowest BCUT2D eigenvalue weighted by molar-refractivity contribution is -0.128. The van der Waals surface area contributed by atoms with Gasteiger partial charge in [-0.1, -0.05) is 0 Å². The van der Waals surface area contributed by atoms with Crippen molar-refractivity contribution in [2.75, 3.05) is 45.5 Å². The first-order valence-electron chi connectivity index (χ1n) is 8.03. The second-order valence-corrected chi connectivity index (χ2v) is 8.21. The van der Waals surface area contributed by atoms with E-state index in [1.54, 1.807) is 16.7 Å². The van der Waals surface area contributed by atoms with Crippen molar-refractivity contribution in [1.82, 2.24) is 19.4 Å². The molecule has 2 rings (SSSR count). The lowest BCUT2D eigenvalue weighted by atomic mass is 10.1. The Morgan fingerprint density at radius 3 is 2.09 bits per heavy atom. The van der Waals surface area contributed by atoms with Crippen LogP contribution in [-0.2, 0) is 14.8 Å². The Morgan fingerprint density at radius 2 is 1.52 bits per heavy atom. The number of rotatable bonds is 2. The molecule has 3 amide bonds. The minimum Gasteiger partial charge on any atom is -0.341 e. The number of nitrogens with zero attached hydrogens (tertiary/aromatic N) is 3. The maximum absolute atomic E-state index is 12.4. The summed E-state index contributed by atoms with van der Waals surface area (Å²) < 4.78 is 24.4. The van der Waals surface area contributed by atoms with Gasteiger partial charge in [0.15, 0.2) is 0 Å². The quantitative estimate of drug-likeness (QED) is 0.742. The Balaban J connectivity index is 1.80. The van der Waals surface area contributed by atoms with E-state index in [9.17, 15) is 18.0 Å². The van der Waals surface area contributed by atoms with Gasteiger partial charge < -0.3 is 15.1 Å². The fraction of sp³-hybridized carbons (Fsp3) is 0.857. The number of hydrogen-bond donors (Lipinski definition) is 1. The van der Waals surface area contributed by atoms with Crippen molar-refractivity contribution in [2.24, 2.45) is 0 Å². The summed E-state index contributed by atoms with van der Waals surface area (Å²) in [6.07, 6.45) is 3.25. The molecule has 0 bridgehead atoms. The first-order chi connectivity index (χ1) is 10.8. The van der Waals surface area contributed by atoms with Crippen LogP contribution in [0.15, 0.2) is 0 Å². The molecular weight excluding hydrogens is 320 g/mol. The van der Waals surface area contributed by atoms with Crippen molar-refractivity contribution in [3.8, 4) is 0 Å². The molecule has 0 aliphatic carbocycles. The van der Waals surface area contributed by atoms with Crippen molar-refractivity contribution in [3.63, 3.8) is 0 Å². The lowest BCUT2D eigenvalue weighted by Crippen LogP contribution is -2.50. The summed E-state index contributed by atoms with van der Waals surface area (Å²) in [5.74, 6) is 0.0420. The molecule has 8 nitrogen and oxygen atoms in total. The summed E-state index contributed by atoms with van der Waals surface area (Å²) in [6, 6.07) is -0.110. The lowest BCUT2D eigenvalue weighted by Gasteiger charge is -2.32. The van der Waals surface area contributed by atoms with Gasteiger partial charge in [0.25, 0.3) is 0 Å².